The maximum atomic E-state index is 13.4. The molecule has 19 heavy (non-hydrogen) atoms. The van der Waals surface area contributed by atoms with E-state index in [1.165, 1.54) is 12.1 Å². The van der Waals surface area contributed by atoms with Gasteiger partial charge in [0.25, 0.3) is 0 Å². The van der Waals surface area contributed by atoms with Crippen molar-refractivity contribution in [2.24, 2.45) is 0 Å². The van der Waals surface area contributed by atoms with Crippen molar-refractivity contribution < 1.29 is 4.39 Å². The van der Waals surface area contributed by atoms with Crippen LogP contribution in [-0.2, 0) is 6.42 Å². The van der Waals surface area contributed by atoms with Gasteiger partial charge >= 0.3 is 0 Å². The minimum absolute atomic E-state index is 0.0232. The molecule has 1 aromatic heterocycles. The van der Waals surface area contributed by atoms with E-state index in [-0.39, 0.29) is 11.9 Å². The summed E-state index contributed by atoms with van der Waals surface area (Å²) in [5, 5.41) is 3.81. The molecule has 0 spiro atoms. The molecule has 2 rings (SSSR count). The topological polar surface area (TPSA) is 24.9 Å². The minimum Gasteiger partial charge on any atom is -0.313 e. The fourth-order valence-electron chi connectivity index (χ4n) is 1.94. The molecule has 0 amide bonds. The van der Waals surface area contributed by atoms with Crippen LogP contribution in [0.25, 0.3) is 0 Å². The van der Waals surface area contributed by atoms with E-state index < -0.39 is 0 Å². The van der Waals surface area contributed by atoms with Crippen LogP contribution in [0.2, 0.25) is 5.02 Å². The summed E-state index contributed by atoms with van der Waals surface area (Å²) in [6.07, 6.45) is 3.98. The highest BCUT2D eigenvalue weighted by Gasteiger charge is 2.15. The second kappa shape index (κ2) is 6.46. The molecule has 1 atom stereocenters. The van der Waals surface area contributed by atoms with E-state index in [9.17, 15) is 4.39 Å². The second-order valence-corrected chi connectivity index (χ2v) is 5.44. The van der Waals surface area contributed by atoms with Crippen LogP contribution in [0.3, 0.4) is 0 Å². The van der Waals surface area contributed by atoms with Gasteiger partial charge in [-0.2, -0.15) is 0 Å². The second-order valence-electron chi connectivity index (χ2n) is 4.18. The third-order valence-electron chi connectivity index (χ3n) is 2.96. The summed E-state index contributed by atoms with van der Waals surface area (Å²) in [4.78, 5) is 3.96. The van der Waals surface area contributed by atoms with Gasteiger partial charge in [0, 0.05) is 22.9 Å². The summed E-state index contributed by atoms with van der Waals surface area (Å²) in [6, 6.07) is 6.52. The van der Waals surface area contributed by atoms with Gasteiger partial charge in [0.2, 0.25) is 0 Å². The maximum absolute atomic E-state index is 13.4. The predicted octanol–water partition coefficient (Wildman–Crippen LogP) is 4.14. The van der Waals surface area contributed by atoms with Gasteiger partial charge in [-0.15, -0.1) is 0 Å². The molecule has 1 aromatic carbocycles. The van der Waals surface area contributed by atoms with E-state index >= 15 is 0 Å². The normalized spacial score (nSPS) is 12.4. The maximum Gasteiger partial charge on any atom is 0.123 e. The van der Waals surface area contributed by atoms with Crippen molar-refractivity contribution in [3.8, 4) is 0 Å². The van der Waals surface area contributed by atoms with Gasteiger partial charge in [-0.05, 0) is 48.9 Å². The molecule has 2 nitrogen and oxygen atoms in total. The monoisotopic (exact) mass is 342 g/mol. The summed E-state index contributed by atoms with van der Waals surface area (Å²) >= 11 is 9.56. The molecule has 0 bridgehead atoms. The van der Waals surface area contributed by atoms with Crippen molar-refractivity contribution in [1.29, 1.82) is 0 Å². The number of nitrogens with zero attached hydrogens (tertiary/aromatic N) is 1. The summed E-state index contributed by atoms with van der Waals surface area (Å²) in [5.74, 6) is -0.251. The first kappa shape index (κ1) is 14.4. The van der Waals surface area contributed by atoms with Crippen molar-refractivity contribution in [3.63, 3.8) is 0 Å². The molecule has 1 unspecified atom stereocenters. The smallest absolute Gasteiger partial charge is 0.123 e. The van der Waals surface area contributed by atoms with Gasteiger partial charge in [0.15, 0.2) is 0 Å². The van der Waals surface area contributed by atoms with E-state index in [1.54, 1.807) is 18.5 Å². The van der Waals surface area contributed by atoms with E-state index in [4.69, 9.17) is 11.6 Å². The lowest BCUT2D eigenvalue weighted by atomic mass is 9.99. The van der Waals surface area contributed by atoms with Crippen LogP contribution >= 0.6 is 27.5 Å². The Morgan fingerprint density at radius 2 is 2.21 bits per heavy atom. The molecular weight excluding hydrogens is 331 g/mol. The van der Waals surface area contributed by atoms with Crippen molar-refractivity contribution in [1.82, 2.24) is 10.3 Å². The molecule has 0 radical (unpaired) electrons. The average molecular weight is 344 g/mol. The molecule has 5 heteroatoms. The number of likely N-dealkylation sites (N-methyl/N-ethyl adjacent to an activating group) is 1. The molecule has 2 aromatic rings. The van der Waals surface area contributed by atoms with E-state index in [2.05, 4.69) is 26.2 Å². The molecule has 0 aliphatic carbocycles. The van der Waals surface area contributed by atoms with Crippen LogP contribution in [0.15, 0.2) is 41.1 Å². The zero-order valence-corrected chi connectivity index (χ0v) is 12.7. The van der Waals surface area contributed by atoms with Crippen molar-refractivity contribution in [2.45, 2.75) is 12.5 Å². The van der Waals surface area contributed by atoms with E-state index in [0.29, 0.717) is 11.4 Å². The van der Waals surface area contributed by atoms with E-state index in [0.717, 1.165) is 15.6 Å². The fourth-order valence-corrected chi connectivity index (χ4v) is 2.66. The number of hydrogen-bond donors (Lipinski definition) is 1. The zero-order chi connectivity index (χ0) is 13.8. The summed E-state index contributed by atoms with van der Waals surface area (Å²) < 4.78 is 14.3. The van der Waals surface area contributed by atoms with E-state index in [1.807, 2.05) is 13.1 Å². The fraction of sp³-hybridized carbons (Fsp3) is 0.214. The number of pyridine rings is 1. The Bertz CT molecular complexity index is 577. The van der Waals surface area contributed by atoms with Crippen molar-refractivity contribution >= 4 is 27.5 Å². The number of aromatic nitrogens is 1. The molecule has 0 saturated carbocycles. The van der Waals surface area contributed by atoms with Crippen LogP contribution in [-0.4, -0.2) is 12.0 Å². The standard InChI is InChI=1S/C14H13BrClFN2/c1-18-14(6-9-4-5-19-8-13(9)16)11-7-10(17)2-3-12(11)15/h2-5,7-8,14,18H,6H2,1H3. The average Bonchev–Trinajstić information content (AvgIpc) is 2.41. The molecule has 0 aliphatic rings. The zero-order valence-electron chi connectivity index (χ0n) is 10.3. The first-order valence-corrected chi connectivity index (χ1v) is 6.99. The summed E-state index contributed by atoms with van der Waals surface area (Å²) in [6.45, 7) is 0. The number of hydrogen-bond acceptors (Lipinski definition) is 2. The number of rotatable bonds is 4. The predicted molar refractivity (Wildman–Crippen MR) is 78.9 cm³/mol. The van der Waals surface area contributed by atoms with Crippen LogP contribution in [0, 0.1) is 5.82 Å². The molecule has 100 valence electrons. The third-order valence-corrected chi connectivity index (χ3v) is 4.02. The molecule has 0 saturated heterocycles. The number of benzene rings is 1. The first-order chi connectivity index (χ1) is 9.11. The molecule has 0 fully saturated rings. The van der Waals surface area contributed by atoms with Gasteiger partial charge in [-0.25, -0.2) is 4.39 Å². The number of nitrogens with one attached hydrogen (secondary N) is 1. The quantitative estimate of drug-likeness (QED) is 0.902. The lowest BCUT2D eigenvalue weighted by Gasteiger charge is -2.19. The highest BCUT2D eigenvalue weighted by Crippen LogP contribution is 2.28. The Kier molecular flexibility index (Phi) is 4.91. The van der Waals surface area contributed by atoms with Crippen LogP contribution in [0.4, 0.5) is 4.39 Å². The number of halogens is 3. The molecule has 1 N–H and O–H groups in total. The highest BCUT2D eigenvalue weighted by atomic mass is 79.9. The Hall–Kier alpha value is -0.970. The van der Waals surface area contributed by atoms with Gasteiger partial charge in [-0.3, -0.25) is 4.98 Å². The SMILES string of the molecule is CNC(Cc1ccncc1Cl)c1cc(F)ccc1Br. The lowest BCUT2D eigenvalue weighted by Crippen LogP contribution is -2.19. The van der Waals surface area contributed by atoms with Crippen LogP contribution in [0.5, 0.6) is 0 Å². The Balaban J connectivity index is 2.30. The Morgan fingerprint density at radius 1 is 1.42 bits per heavy atom. The molecule has 0 aliphatic heterocycles. The van der Waals surface area contributed by atoms with Gasteiger partial charge in [-0.1, -0.05) is 27.5 Å². The van der Waals surface area contributed by atoms with Crippen LogP contribution < -0.4 is 5.32 Å². The van der Waals surface area contributed by atoms with Gasteiger partial charge < -0.3 is 5.32 Å². The largest absolute Gasteiger partial charge is 0.313 e. The van der Waals surface area contributed by atoms with Crippen molar-refractivity contribution in [3.05, 3.63) is 63.1 Å². The Morgan fingerprint density at radius 3 is 2.89 bits per heavy atom. The highest BCUT2D eigenvalue weighted by molar-refractivity contribution is 9.10. The first-order valence-electron chi connectivity index (χ1n) is 5.82. The van der Waals surface area contributed by atoms with Gasteiger partial charge in [0.1, 0.15) is 5.82 Å². The van der Waals surface area contributed by atoms with Crippen LogP contribution in [0.1, 0.15) is 17.2 Å². The summed E-state index contributed by atoms with van der Waals surface area (Å²) in [7, 11) is 1.84. The molecular formula is C14H13BrClFN2. The Labute approximate surface area is 125 Å². The summed E-state index contributed by atoms with van der Waals surface area (Å²) in [5.41, 5.74) is 1.85. The van der Waals surface area contributed by atoms with Gasteiger partial charge in [0.05, 0.1) is 5.02 Å². The molecule has 1 heterocycles. The minimum atomic E-state index is -0.251. The lowest BCUT2D eigenvalue weighted by molar-refractivity contribution is 0.575. The third kappa shape index (κ3) is 3.53. The van der Waals surface area contributed by atoms with Crippen molar-refractivity contribution in [2.75, 3.05) is 7.05 Å².